The average Bonchev–Trinajstić information content (AvgIpc) is 2.38. The van der Waals surface area contributed by atoms with Gasteiger partial charge in [0.25, 0.3) is 0 Å². The van der Waals surface area contributed by atoms with Gasteiger partial charge >= 0.3 is 0 Å². The van der Waals surface area contributed by atoms with Crippen LogP contribution in [0.25, 0.3) is 0 Å². The molecule has 0 spiro atoms. The molecule has 0 saturated carbocycles. The quantitative estimate of drug-likeness (QED) is 0.886. The Morgan fingerprint density at radius 1 is 1.33 bits per heavy atom. The zero-order valence-electron chi connectivity index (χ0n) is 10.8. The highest BCUT2D eigenvalue weighted by molar-refractivity contribution is 5.13. The maximum atomic E-state index is 9.53. The smallest absolute Gasteiger partial charge is 0.157 e. The second-order valence-electron chi connectivity index (χ2n) is 4.57. The van der Waals surface area contributed by atoms with Crippen LogP contribution in [0.3, 0.4) is 0 Å². The summed E-state index contributed by atoms with van der Waals surface area (Å²) in [6, 6.07) is 9.98. The molecule has 0 amide bonds. The minimum Gasteiger partial charge on any atom is -0.378 e. The van der Waals surface area contributed by atoms with E-state index in [1.807, 2.05) is 37.3 Å². The van der Waals surface area contributed by atoms with E-state index in [2.05, 4.69) is 0 Å². The monoisotopic (exact) mass is 252 g/mol. The van der Waals surface area contributed by atoms with E-state index in [4.69, 9.17) is 14.2 Å². The number of hydrogen-bond acceptors (Lipinski definition) is 4. The Labute approximate surface area is 107 Å². The van der Waals surface area contributed by atoms with E-state index in [0.717, 1.165) is 5.56 Å². The van der Waals surface area contributed by atoms with Crippen molar-refractivity contribution >= 4 is 0 Å². The molecule has 4 heteroatoms. The molecule has 18 heavy (non-hydrogen) atoms. The summed E-state index contributed by atoms with van der Waals surface area (Å²) in [5.74, 6) is 0. The fraction of sp³-hybridized carbons (Fsp3) is 0.571. The summed E-state index contributed by atoms with van der Waals surface area (Å²) in [5, 5.41) is 9.53. The molecule has 1 fully saturated rings. The number of aliphatic hydroxyl groups excluding tert-OH is 1. The molecule has 1 saturated heterocycles. The van der Waals surface area contributed by atoms with E-state index in [1.165, 1.54) is 0 Å². The maximum Gasteiger partial charge on any atom is 0.157 e. The lowest BCUT2D eigenvalue weighted by molar-refractivity contribution is -0.245. The van der Waals surface area contributed by atoms with Crippen molar-refractivity contribution in [3.63, 3.8) is 0 Å². The molecule has 1 aromatic carbocycles. The van der Waals surface area contributed by atoms with Gasteiger partial charge in [-0.25, -0.2) is 0 Å². The first-order chi connectivity index (χ1) is 8.70. The number of aliphatic hydroxyl groups is 1. The molecular formula is C14H20O4. The summed E-state index contributed by atoms with van der Waals surface area (Å²) in [6.45, 7) is 2.42. The minimum absolute atomic E-state index is 0.132. The van der Waals surface area contributed by atoms with Crippen LogP contribution in [0, 0.1) is 0 Å². The molecule has 1 aliphatic heterocycles. The van der Waals surface area contributed by atoms with Crippen LogP contribution in [-0.2, 0) is 20.8 Å². The standard InChI is InChI=1S/C14H20O4/c1-10-14(12(16-2)8-13(15)18-10)17-9-11-6-4-3-5-7-11/h3-7,10,12-15H,8-9H2,1-2H3/t10-,12+,13+,14-/m0/s1. The molecule has 2 rings (SSSR count). The van der Waals surface area contributed by atoms with Crippen LogP contribution in [0.4, 0.5) is 0 Å². The first kappa shape index (κ1) is 13.5. The molecule has 0 aliphatic carbocycles. The van der Waals surface area contributed by atoms with Gasteiger partial charge in [-0.3, -0.25) is 0 Å². The molecule has 1 heterocycles. The predicted octanol–water partition coefficient (Wildman–Crippen LogP) is 1.71. The van der Waals surface area contributed by atoms with Crippen molar-refractivity contribution in [2.75, 3.05) is 7.11 Å². The second kappa shape index (κ2) is 6.29. The van der Waals surface area contributed by atoms with Crippen LogP contribution in [0.15, 0.2) is 30.3 Å². The van der Waals surface area contributed by atoms with Crippen molar-refractivity contribution in [2.45, 2.75) is 44.6 Å². The van der Waals surface area contributed by atoms with E-state index in [9.17, 15) is 5.11 Å². The van der Waals surface area contributed by atoms with Gasteiger partial charge in [0.15, 0.2) is 6.29 Å². The van der Waals surface area contributed by atoms with E-state index in [-0.39, 0.29) is 18.3 Å². The molecule has 1 aromatic rings. The molecule has 0 aromatic heterocycles. The Morgan fingerprint density at radius 2 is 2.06 bits per heavy atom. The van der Waals surface area contributed by atoms with Gasteiger partial charge < -0.3 is 19.3 Å². The van der Waals surface area contributed by atoms with Crippen LogP contribution in [0.2, 0.25) is 0 Å². The summed E-state index contributed by atoms with van der Waals surface area (Å²) in [5.41, 5.74) is 1.12. The van der Waals surface area contributed by atoms with Crippen molar-refractivity contribution in [3.8, 4) is 0 Å². The van der Waals surface area contributed by atoms with Gasteiger partial charge in [-0.2, -0.15) is 0 Å². The highest BCUT2D eigenvalue weighted by Crippen LogP contribution is 2.24. The molecule has 4 nitrogen and oxygen atoms in total. The zero-order chi connectivity index (χ0) is 13.0. The first-order valence-electron chi connectivity index (χ1n) is 6.22. The van der Waals surface area contributed by atoms with Gasteiger partial charge in [0, 0.05) is 13.5 Å². The minimum atomic E-state index is -0.762. The molecule has 100 valence electrons. The molecule has 4 atom stereocenters. The van der Waals surface area contributed by atoms with Crippen LogP contribution < -0.4 is 0 Å². The van der Waals surface area contributed by atoms with Gasteiger partial charge in [0.1, 0.15) is 6.10 Å². The molecule has 0 bridgehead atoms. The lowest BCUT2D eigenvalue weighted by atomic mass is 10.0. The van der Waals surface area contributed by atoms with E-state index in [1.54, 1.807) is 7.11 Å². The van der Waals surface area contributed by atoms with Gasteiger partial charge in [-0.15, -0.1) is 0 Å². The number of hydrogen-bond donors (Lipinski definition) is 1. The van der Waals surface area contributed by atoms with E-state index in [0.29, 0.717) is 13.0 Å². The van der Waals surface area contributed by atoms with Crippen molar-refractivity contribution < 1.29 is 19.3 Å². The predicted molar refractivity (Wildman–Crippen MR) is 67.0 cm³/mol. The maximum absolute atomic E-state index is 9.53. The first-order valence-corrected chi connectivity index (χ1v) is 6.22. The van der Waals surface area contributed by atoms with Crippen LogP contribution in [-0.4, -0.2) is 36.8 Å². The van der Waals surface area contributed by atoms with Gasteiger partial charge in [-0.05, 0) is 12.5 Å². The van der Waals surface area contributed by atoms with Crippen LogP contribution in [0.1, 0.15) is 18.9 Å². The molecule has 0 radical (unpaired) electrons. The lowest BCUT2D eigenvalue weighted by Crippen LogP contribution is -2.49. The van der Waals surface area contributed by atoms with E-state index < -0.39 is 6.29 Å². The fourth-order valence-corrected chi connectivity index (χ4v) is 2.26. The number of benzene rings is 1. The normalized spacial score (nSPS) is 32.4. The third kappa shape index (κ3) is 3.29. The van der Waals surface area contributed by atoms with Crippen molar-refractivity contribution in [3.05, 3.63) is 35.9 Å². The van der Waals surface area contributed by atoms with Crippen LogP contribution in [0.5, 0.6) is 0 Å². The van der Waals surface area contributed by atoms with Crippen molar-refractivity contribution in [2.24, 2.45) is 0 Å². The SMILES string of the molecule is CO[C@@H]1C[C@H](O)O[C@@H](C)[C@@H]1OCc1ccccc1. The van der Waals surface area contributed by atoms with Gasteiger partial charge in [0.2, 0.25) is 0 Å². The Bertz CT molecular complexity index is 354. The van der Waals surface area contributed by atoms with E-state index >= 15 is 0 Å². The fourth-order valence-electron chi connectivity index (χ4n) is 2.26. The van der Waals surface area contributed by atoms with Gasteiger partial charge in [-0.1, -0.05) is 30.3 Å². The molecule has 1 N–H and O–H groups in total. The Hall–Kier alpha value is -0.940. The summed E-state index contributed by atoms with van der Waals surface area (Å²) in [7, 11) is 1.63. The Morgan fingerprint density at radius 3 is 2.72 bits per heavy atom. The topological polar surface area (TPSA) is 47.9 Å². The van der Waals surface area contributed by atoms with Crippen molar-refractivity contribution in [1.82, 2.24) is 0 Å². The summed E-state index contributed by atoms with van der Waals surface area (Å²) >= 11 is 0. The number of methoxy groups -OCH3 is 1. The summed E-state index contributed by atoms with van der Waals surface area (Å²) < 4.78 is 16.6. The molecule has 0 unspecified atom stereocenters. The molecule has 1 aliphatic rings. The lowest BCUT2D eigenvalue weighted by Gasteiger charge is -2.37. The summed E-state index contributed by atoms with van der Waals surface area (Å²) in [4.78, 5) is 0. The Balaban J connectivity index is 1.94. The van der Waals surface area contributed by atoms with Gasteiger partial charge in [0.05, 0.1) is 18.8 Å². The third-order valence-corrected chi connectivity index (χ3v) is 3.22. The van der Waals surface area contributed by atoms with Crippen molar-refractivity contribution in [1.29, 1.82) is 0 Å². The highest BCUT2D eigenvalue weighted by atomic mass is 16.6. The Kier molecular flexibility index (Phi) is 4.72. The number of rotatable bonds is 4. The summed E-state index contributed by atoms with van der Waals surface area (Å²) in [6.07, 6.45) is -0.782. The average molecular weight is 252 g/mol. The largest absolute Gasteiger partial charge is 0.378 e. The third-order valence-electron chi connectivity index (χ3n) is 3.22. The second-order valence-corrected chi connectivity index (χ2v) is 4.57. The van der Waals surface area contributed by atoms with Crippen LogP contribution >= 0.6 is 0 Å². The highest BCUT2D eigenvalue weighted by Gasteiger charge is 2.36. The number of ether oxygens (including phenoxy) is 3. The molecular weight excluding hydrogens is 232 g/mol. The zero-order valence-corrected chi connectivity index (χ0v) is 10.8.